The fraction of sp³-hybridized carbons (Fsp3) is 0.190. The lowest BCUT2D eigenvalue weighted by atomic mass is 9.67. The van der Waals surface area contributed by atoms with Crippen molar-refractivity contribution in [1.29, 1.82) is 0 Å². The van der Waals surface area contributed by atoms with Crippen molar-refractivity contribution in [2.24, 2.45) is 5.92 Å². The molecule has 9 rings (SSSR count). The van der Waals surface area contributed by atoms with E-state index in [4.69, 9.17) is 0 Å². The van der Waals surface area contributed by atoms with Crippen LogP contribution in [0, 0.1) is 5.92 Å². The Bertz CT molecular complexity index is 2140. The average molecular weight is 554 g/mol. The maximum absolute atomic E-state index is 2.67. The highest BCUT2D eigenvalue weighted by molar-refractivity contribution is 6.27. The molecule has 7 aromatic rings. The van der Waals surface area contributed by atoms with Crippen LogP contribution in [0.5, 0.6) is 0 Å². The molecule has 3 unspecified atom stereocenters. The summed E-state index contributed by atoms with van der Waals surface area (Å²) in [6.45, 7) is 4.99. The van der Waals surface area contributed by atoms with Gasteiger partial charge in [-0.15, -0.1) is 0 Å². The third-order valence-electron chi connectivity index (χ3n) is 10.8. The Morgan fingerprint density at radius 2 is 1.23 bits per heavy atom. The Labute approximate surface area is 253 Å². The van der Waals surface area contributed by atoms with Crippen LogP contribution in [0.4, 0.5) is 11.4 Å². The van der Waals surface area contributed by atoms with Crippen LogP contribution in [0.25, 0.3) is 54.6 Å². The Balaban J connectivity index is 1.26. The van der Waals surface area contributed by atoms with Gasteiger partial charge in [-0.1, -0.05) is 116 Å². The summed E-state index contributed by atoms with van der Waals surface area (Å²) in [5.74, 6) is 1.17. The zero-order chi connectivity index (χ0) is 28.7. The summed E-state index contributed by atoms with van der Waals surface area (Å²) in [7, 11) is 0. The predicted octanol–water partition coefficient (Wildman–Crippen LogP) is 11.7. The summed E-state index contributed by atoms with van der Waals surface area (Å²) in [4.78, 5) is 2.67. The second-order valence-electron chi connectivity index (χ2n) is 13.2. The van der Waals surface area contributed by atoms with Crippen LogP contribution in [-0.2, 0) is 0 Å². The maximum atomic E-state index is 2.67. The fourth-order valence-electron chi connectivity index (χ4n) is 8.99. The van der Waals surface area contributed by atoms with Gasteiger partial charge in [0.15, 0.2) is 0 Å². The normalized spacial score (nSPS) is 21.5. The van der Waals surface area contributed by atoms with Gasteiger partial charge in [-0.3, -0.25) is 0 Å². The minimum absolute atomic E-state index is 0.0937. The van der Waals surface area contributed by atoms with Crippen molar-refractivity contribution in [2.75, 3.05) is 4.90 Å². The first kappa shape index (κ1) is 24.9. The van der Waals surface area contributed by atoms with Gasteiger partial charge in [0.05, 0.1) is 0 Å². The fourth-order valence-corrected chi connectivity index (χ4v) is 8.99. The molecule has 1 saturated carbocycles. The third kappa shape index (κ3) is 3.51. The molecule has 1 fully saturated rings. The number of fused-ring (bicyclic) bond motifs is 3. The molecule has 208 valence electrons. The van der Waals surface area contributed by atoms with E-state index in [9.17, 15) is 0 Å². The quantitative estimate of drug-likeness (QED) is 0.197. The van der Waals surface area contributed by atoms with Crippen LogP contribution in [0.15, 0.2) is 127 Å². The first-order chi connectivity index (χ1) is 21.1. The molecule has 0 saturated heterocycles. The van der Waals surface area contributed by atoms with Crippen LogP contribution in [0.1, 0.15) is 44.6 Å². The smallest absolute Gasteiger partial charge is 0.0495 e. The molecular formula is C42H35N. The molecule has 43 heavy (non-hydrogen) atoms. The Morgan fingerprint density at radius 3 is 1.91 bits per heavy atom. The Morgan fingerprint density at radius 1 is 0.628 bits per heavy atom. The molecule has 0 amide bonds. The van der Waals surface area contributed by atoms with E-state index in [-0.39, 0.29) is 5.54 Å². The zero-order valence-corrected chi connectivity index (χ0v) is 24.8. The molecule has 1 heterocycles. The zero-order valence-electron chi connectivity index (χ0n) is 24.8. The van der Waals surface area contributed by atoms with Crippen molar-refractivity contribution in [3.8, 4) is 22.3 Å². The van der Waals surface area contributed by atoms with Gasteiger partial charge in [0.1, 0.15) is 0 Å². The van der Waals surface area contributed by atoms with Crippen molar-refractivity contribution >= 4 is 43.7 Å². The molecule has 2 aliphatic rings. The lowest BCUT2D eigenvalue weighted by molar-refractivity contribution is 0.223. The molecule has 3 atom stereocenters. The van der Waals surface area contributed by atoms with Crippen LogP contribution in [-0.4, -0.2) is 5.54 Å². The summed E-state index contributed by atoms with van der Waals surface area (Å²) in [6, 6.07) is 47.8. The summed E-state index contributed by atoms with van der Waals surface area (Å²) in [5.41, 5.74) is 9.55. The largest absolute Gasteiger partial charge is 0.335 e. The molecule has 0 aromatic heterocycles. The summed E-state index contributed by atoms with van der Waals surface area (Å²) >= 11 is 0. The van der Waals surface area contributed by atoms with Gasteiger partial charge in [0.2, 0.25) is 0 Å². The van der Waals surface area contributed by atoms with Crippen LogP contribution >= 0.6 is 0 Å². The summed E-state index contributed by atoms with van der Waals surface area (Å²) in [5, 5.41) is 8.06. The van der Waals surface area contributed by atoms with Gasteiger partial charge in [-0.05, 0) is 110 Å². The van der Waals surface area contributed by atoms with Crippen molar-refractivity contribution in [3.05, 3.63) is 133 Å². The van der Waals surface area contributed by atoms with E-state index < -0.39 is 0 Å². The molecular weight excluding hydrogens is 518 g/mol. The molecule has 1 nitrogen and oxygen atoms in total. The van der Waals surface area contributed by atoms with E-state index >= 15 is 0 Å². The highest BCUT2D eigenvalue weighted by atomic mass is 15.2. The monoisotopic (exact) mass is 553 g/mol. The summed E-state index contributed by atoms with van der Waals surface area (Å²) in [6.07, 6.45) is 3.82. The van der Waals surface area contributed by atoms with Crippen LogP contribution in [0.2, 0.25) is 0 Å². The molecule has 0 bridgehead atoms. The lowest BCUT2D eigenvalue weighted by Gasteiger charge is -2.46. The minimum atomic E-state index is 0.0937. The maximum Gasteiger partial charge on any atom is 0.0495 e. The van der Waals surface area contributed by atoms with E-state index in [0.717, 1.165) is 0 Å². The highest BCUT2D eigenvalue weighted by Crippen LogP contribution is 2.59. The number of nitrogens with zero attached hydrogens (tertiary/aromatic N) is 1. The van der Waals surface area contributed by atoms with Gasteiger partial charge in [0, 0.05) is 22.8 Å². The van der Waals surface area contributed by atoms with Gasteiger partial charge < -0.3 is 4.90 Å². The van der Waals surface area contributed by atoms with E-state index in [1.54, 1.807) is 0 Å². The molecule has 0 radical (unpaired) electrons. The molecule has 1 heteroatoms. The topological polar surface area (TPSA) is 3.24 Å². The SMILES string of the molecule is CC1CCCC2(C)C1c1cc(-c3ccc4ccc5c(-c6ccccc6)ccc6ccc3c4c65)ccc1N2c1ccccc1. The Kier molecular flexibility index (Phi) is 5.33. The summed E-state index contributed by atoms with van der Waals surface area (Å²) < 4.78 is 0. The van der Waals surface area contributed by atoms with E-state index in [0.29, 0.717) is 11.8 Å². The molecule has 7 aromatic carbocycles. The average Bonchev–Trinajstić information content (AvgIpc) is 3.32. The first-order valence-corrected chi connectivity index (χ1v) is 15.9. The number of hydrogen-bond donors (Lipinski definition) is 0. The first-order valence-electron chi connectivity index (χ1n) is 15.9. The molecule has 1 aliphatic carbocycles. The van der Waals surface area contributed by atoms with Gasteiger partial charge in [-0.25, -0.2) is 0 Å². The number of hydrogen-bond acceptors (Lipinski definition) is 1. The third-order valence-corrected chi connectivity index (χ3v) is 10.8. The van der Waals surface area contributed by atoms with E-state index in [2.05, 4.69) is 146 Å². The van der Waals surface area contributed by atoms with Gasteiger partial charge in [0.25, 0.3) is 0 Å². The lowest BCUT2D eigenvalue weighted by Crippen LogP contribution is -2.47. The number of benzene rings is 7. The highest BCUT2D eigenvalue weighted by Gasteiger charge is 2.52. The Hall–Kier alpha value is -4.62. The van der Waals surface area contributed by atoms with Crippen LogP contribution < -0.4 is 4.90 Å². The predicted molar refractivity (Wildman–Crippen MR) is 184 cm³/mol. The van der Waals surface area contributed by atoms with Crippen molar-refractivity contribution in [3.63, 3.8) is 0 Å². The van der Waals surface area contributed by atoms with Gasteiger partial charge >= 0.3 is 0 Å². The molecule has 0 N–H and O–H groups in total. The molecule has 1 aliphatic heterocycles. The number of rotatable bonds is 3. The number of anilines is 2. The van der Waals surface area contributed by atoms with Gasteiger partial charge in [-0.2, -0.15) is 0 Å². The van der Waals surface area contributed by atoms with Crippen molar-refractivity contribution < 1.29 is 0 Å². The van der Waals surface area contributed by atoms with Crippen molar-refractivity contribution in [2.45, 2.75) is 44.6 Å². The van der Waals surface area contributed by atoms with Crippen LogP contribution in [0.3, 0.4) is 0 Å². The standard InChI is InChI=1S/C42H35N/c1-27-10-9-25-42(2)41(27)37-26-31(19-24-38(37)43(42)32-13-7-4-8-14-32)34-21-16-30-17-22-35-33(28-11-5-3-6-12-28)20-15-29-18-23-36(34)40(30)39(29)35/h3-8,11-24,26-27,41H,9-10,25H2,1-2H3. The van der Waals surface area contributed by atoms with Crippen molar-refractivity contribution in [1.82, 2.24) is 0 Å². The molecule has 0 spiro atoms. The number of para-hydroxylation sites is 1. The minimum Gasteiger partial charge on any atom is -0.335 e. The second-order valence-corrected chi connectivity index (χ2v) is 13.2. The van der Waals surface area contributed by atoms with E-state index in [1.807, 2.05) is 0 Å². The second kappa shape index (κ2) is 9.19. The van der Waals surface area contributed by atoms with E-state index in [1.165, 1.54) is 90.8 Å².